The summed E-state index contributed by atoms with van der Waals surface area (Å²) in [5.41, 5.74) is 1.55. The van der Waals surface area contributed by atoms with E-state index in [-0.39, 0.29) is 56.6 Å². The lowest BCUT2D eigenvalue weighted by atomic mass is 9.89. The number of anilines is 1. The van der Waals surface area contributed by atoms with Crippen molar-refractivity contribution in [2.45, 2.75) is 69.7 Å². The van der Waals surface area contributed by atoms with Gasteiger partial charge in [-0.05, 0) is 54.8 Å². The maximum atomic E-state index is 14.5. The second-order valence-corrected chi connectivity index (χ2v) is 19.0. The molecule has 3 unspecified atom stereocenters. The Balaban J connectivity index is 1.17. The van der Waals surface area contributed by atoms with Gasteiger partial charge < -0.3 is 44.0 Å². The number of fused-ring (bicyclic) bond motifs is 2. The molecule has 6 atom stereocenters. The van der Waals surface area contributed by atoms with Crippen molar-refractivity contribution in [1.29, 1.82) is 5.26 Å². The van der Waals surface area contributed by atoms with E-state index in [1.165, 1.54) is 32.5 Å². The number of benzene rings is 3. The number of rotatable bonds is 25. The predicted octanol–water partition coefficient (Wildman–Crippen LogP) is 3.89. The van der Waals surface area contributed by atoms with Gasteiger partial charge in [-0.15, -0.1) is 0 Å². The molecular formula is C50H61N7O16P+. The third-order valence-corrected chi connectivity index (χ3v) is 13.4. The Hall–Kier alpha value is -7.03. The molecule has 0 saturated carbocycles. The fourth-order valence-electron chi connectivity index (χ4n) is 8.10. The average Bonchev–Trinajstić information content (AvgIpc) is 3.72. The molecule has 24 heteroatoms. The van der Waals surface area contributed by atoms with Gasteiger partial charge in [0.2, 0.25) is 11.3 Å². The van der Waals surface area contributed by atoms with E-state index in [0.29, 0.717) is 39.8 Å². The summed E-state index contributed by atoms with van der Waals surface area (Å²) in [6, 6.07) is 18.6. The number of nitrogens with one attached hydrogen (secondary N) is 3. The molecule has 23 nitrogen and oxygen atoms in total. The molecule has 0 radical (unpaired) electrons. The van der Waals surface area contributed by atoms with Gasteiger partial charge in [0.05, 0.1) is 56.5 Å². The molecule has 0 bridgehead atoms. The molecule has 3 aliphatic rings. The monoisotopic (exact) mass is 1050 g/mol. The van der Waals surface area contributed by atoms with Crippen LogP contribution in [0, 0.1) is 11.3 Å². The number of ether oxygens (including phenoxy) is 4. The van der Waals surface area contributed by atoms with Crippen LogP contribution in [-0.4, -0.2) is 138 Å². The summed E-state index contributed by atoms with van der Waals surface area (Å²) in [5, 5.41) is 26.4. The molecule has 1 aliphatic carbocycles. The van der Waals surface area contributed by atoms with Crippen LogP contribution >= 0.6 is 7.82 Å². The highest BCUT2D eigenvalue weighted by atomic mass is 31.2. The summed E-state index contributed by atoms with van der Waals surface area (Å²) in [4.78, 5) is 80.2. The molecule has 1 fully saturated rings. The van der Waals surface area contributed by atoms with Gasteiger partial charge in [-0.3, -0.25) is 42.3 Å². The van der Waals surface area contributed by atoms with Crippen molar-refractivity contribution in [2.24, 2.45) is 0 Å². The van der Waals surface area contributed by atoms with Gasteiger partial charge in [0, 0.05) is 100.0 Å². The van der Waals surface area contributed by atoms with Gasteiger partial charge in [-0.1, -0.05) is 6.92 Å². The number of phosphoric ester groups is 1. The van der Waals surface area contributed by atoms with Gasteiger partial charge in [0.15, 0.2) is 6.23 Å². The largest absolute Gasteiger partial charge is 0.478 e. The second kappa shape index (κ2) is 25.8. The fourth-order valence-corrected chi connectivity index (χ4v) is 9.48. The molecule has 74 heavy (non-hydrogen) atoms. The summed E-state index contributed by atoms with van der Waals surface area (Å²) in [6.07, 6.45) is -4.52. The number of amides is 2. The number of aromatic carboxylic acids is 1. The topological polar surface area (TPSA) is 292 Å². The lowest BCUT2D eigenvalue weighted by molar-refractivity contribution is -0.155. The predicted molar refractivity (Wildman–Crippen MR) is 269 cm³/mol. The van der Waals surface area contributed by atoms with Gasteiger partial charge in [-0.2, -0.15) is 5.26 Å². The summed E-state index contributed by atoms with van der Waals surface area (Å²) in [7, 11) is 5.60. The SMILES string of the molecule is CC[C@H]1O[C@@H](n2ccc(=O)[nH]c2=O)C(OP(=O)(OCCC#N)OCC(COCCCNC(=O)c2ccc(C(=O)O)c(-c3c4ccc(=[N+](C)C)cc-4oc4cc(N(C)C)ccc34)c2)OC(=O)CCC(=O)NC)[C@H]1OC. The van der Waals surface area contributed by atoms with Gasteiger partial charge in [0.1, 0.15) is 43.8 Å². The second-order valence-electron chi connectivity index (χ2n) is 17.4. The zero-order valence-electron chi connectivity index (χ0n) is 42.1. The van der Waals surface area contributed by atoms with E-state index < -0.39 is 86.7 Å². The van der Waals surface area contributed by atoms with Crippen molar-refractivity contribution in [2.75, 3.05) is 80.2 Å². The van der Waals surface area contributed by atoms with Gasteiger partial charge in [-0.25, -0.2) is 18.7 Å². The molecule has 3 heterocycles. The Labute approximate surface area is 425 Å². The number of nitrogens with zero attached hydrogens (tertiary/aromatic N) is 4. The normalized spacial score (nSPS) is 17.5. The van der Waals surface area contributed by atoms with Crippen LogP contribution in [0.4, 0.5) is 5.69 Å². The van der Waals surface area contributed by atoms with E-state index in [2.05, 4.69) is 15.6 Å². The van der Waals surface area contributed by atoms with E-state index in [1.54, 1.807) is 13.0 Å². The summed E-state index contributed by atoms with van der Waals surface area (Å²) >= 11 is 0. The minimum atomic E-state index is -4.76. The number of nitriles is 1. The highest BCUT2D eigenvalue weighted by Gasteiger charge is 2.50. The van der Waals surface area contributed by atoms with E-state index in [4.69, 9.17) is 36.9 Å². The number of hydrogen-bond acceptors (Lipinski definition) is 17. The first kappa shape index (κ1) is 56.3. The number of H-pyrrole nitrogens is 1. The van der Waals surface area contributed by atoms with E-state index in [1.807, 2.05) is 80.1 Å². The number of aromatic nitrogens is 2. The van der Waals surface area contributed by atoms with Crippen molar-refractivity contribution < 1.29 is 65.8 Å². The number of aromatic amines is 1. The van der Waals surface area contributed by atoms with Crippen LogP contribution in [0.15, 0.2) is 80.9 Å². The maximum Gasteiger partial charge on any atom is 0.475 e. The standard InChI is InChI=1S/C50H60N7O16P/c1-8-38-45(66-7)46(48(72-38)57-22-19-42(59)54-50(57)64)73-74(65,68-24-9-20-51)69-29-33(70-43(60)18-17-41(58)52-2)28-67-23-10-21-53-47(61)30-11-14-34(49(62)63)37(25-30)44-35-15-12-31(55(3)4)26-39(35)71-40-27-32(56(5)6)13-16-36(40)44/h11-16,19,22,25-27,33,38,45-46,48H,8-10,17-18,21,23-24,28-29H2,1-7H3,(H3-,52,53,54,58,59,61,62,63,64)/p+1/t33?,38-,45+,46?,48-,74?/m1/s1. The van der Waals surface area contributed by atoms with E-state index in [9.17, 15) is 43.7 Å². The third-order valence-electron chi connectivity index (χ3n) is 11.9. The first-order valence-corrected chi connectivity index (χ1v) is 25.1. The number of carbonyl (C=O) groups is 4. The van der Waals surface area contributed by atoms with Crippen molar-refractivity contribution >= 4 is 48.2 Å². The first-order valence-electron chi connectivity index (χ1n) is 23.7. The summed E-state index contributed by atoms with van der Waals surface area (Å²) in [5.74, 6) is -2.41. The highest BCUT2D eigenvalue weighted by molar-refractivity contribution is 7.48. The van der Waals surface area contributed by atoms with Crippen LogP contribution in [-0.2, 0) is 46.7 Å². The molecule has 6 rings (SSSR count). The van der Waals surface area contributed by atoms with Crippen molar-refractivity contribution in [3.05, 3.63) is 104 Å². The zero-order valence-corrected chi connectivity index (χ0v) is 43.0. The Bertz CT molecular complexity index is 3090. The van der Waals surface area contributed by atoms with Crippen LogP contribution in [0.5, 0.6) is 0 Å². The van der Waals surface area contributed by atoms with Crippen molar-refractivity contribution in [3.8, 4) is 28.5 Å². The molecule has 1 saturated heterocycles. The molecule has 2 aromatic carbocycles. The lowest BCUT2D eigenvalue weighted by Gasteiger charge is -2.28. The Kier molecular flexibility index (Phi) is 19.6. The molecule has 4 N–H and O–H groups in total. The molecule has 0 spiro atoms. The summed E-state index contributed by atoms with van der Waals surface area (Å²) < 4.78 is 64.3. The molecule has 1 aromatic heterocycles. The van der Waals surface area contributed by atoms with E-state index >= 15 is 0 Å². The molecular weight excluding hydrogens is 986 g/mol. The van der Waals surface area contributed by atoms with E-state index in [0.717, 1.165) is 21.7 Å². The van der Waals surface area contributed by atoms with Crippen LogP contribution in [0.1, 0.15) is 66.0 Å². The molecule has 3 aromatic rings. The first-order chi connectivity index (χ1) is 35.4. The minimum absolute atomic E-state index is 0.000901. The number of phosphoric acid groups is 1. The van der Waals surface area contributed by atoms with Crippen LogP contribution in [0.2, 0.25) is 0 Å². The highest BCUT2D eigenvalue weighted by Crippen LogP contribution is 2.54. The lowest BCUT2D eigenvalue weighted by Crippen LogP contribution is -2.39. The molecule has 396 valence electrons. The number of hydrogen-bond donors (Lipinski definition) is 4. The van der Waals surface area contributed by atoms with Crippen LogP contribution < -0.4 is 36.7 Å². The molecule has 2 amide bonds. The number of carboxylic acid groups (broad SMARTS) is 1. The maximum absolute atomic E-state index is 14.5. The fraction of sp³-hybridized carbons (Fsp3) is 0.440. The third kappa shape index (κ3) is 14.0. The van der Waals surface area contributed by atoms with Crippen molar-refractivity contribution in [1.82, 2.24) is 24.8 Å². The number of carbonyl (C=O) groups excluding carboxylic acids is 3. The Morgan fingerprint density at radius 2 is 1.77 bits per heavy atom. The van der Waals surface area contributed by atoms with Gasteiger partial charge >= 0.3 is 25.5 Å². The van der Waals surface area contributed by atoms with Crippen LogP contribution in [0.3, 0.4) is 0 Å². The number of carboxylic acids is 1. The smallest absolute Gasteiger partial charge is 0.475 e. The van der Waals surface area contributed by atoms with Crippen LogP contribution in [0.25, 0.3) is 33.4 Å². The Morgan fingerprint density at radius 3 is 2.45 bits per heavy atom. The zero-order chi connectivity index (χ0) is 53.7. The average molecular weight is 1050 g/mol. The summed E-state index contributed by atoms with van der Waals surface area (Å²) in [6.45, 7) is 0.468. The quantitative estimate of drug-likeness (QED) is 0.0212. The minimum Gasteiger partial charge on any atom is -0.478 e. The number of methoxy groups -OCH3 is 1. The molecule has 2 aliphatic heterocycles. The number of esters is 1. The van der Waals surface area contributed by atoms with Crippen molar-refractivity contribution in [3.63, 3.8) is 0 Å². The Morgan fingerprint density at radius 1 is 0.986 bits per heavy atom. The van der Waals surface area contributed by atoms with Gasteiger partial charge in [0.25, 0.3) is 11.5 Å².